The maximum absolute atomic E-state index is 11.9. The summed E-state index contributed by atoms with van der Waals surface area (Å²) >= 11 is 0. The fourth-order valence-corrected chi connectivity index (χ4v) is 2.03. The Bertz CT molecular complexity index is 265. The first-order chi connectivity index (χ1) is 6.53. The summed E-state index contributed by atoms with van der Waals surface area (Å²) in [5, 5.41) is 8.83. The van der Waals surface area contributed by atoms with Gasteiger partial charge >= 0.3 is 0 Å². The number of carbonyl (C=O) groups excluding carboxylic acids is 1. The SMILES string of the molecule is CCC(C#N)C(=O)N1CCCC1(C)C. The summed E-state index contributed by atoms with van der Waals surface area (Å²) in [6.45, 7) is 6.84. The minimum atomic E-state index is -0.452. The van der Waals surface area contributed by atoms with Gasteiger partial charge in [0, 0.05) is 12.1 Å². The highest BCUT2D eigenvalue weighted by Crippen LogP contribution is 2.29. The van der Waals surface area contributed by atoms with Crippen LogP contribution in [0, 0.1) is 17.2 Å². The molecule has 0 spiro atoms. The highest BCUT2D eigenvalue weighted by molar-refractivity contribution is 5.82. The van der Waals surface area contributed by atoms with Crippen molar-refractivity contribution in [1.82, 2.24) is 4.90 Å². The van der Waals surface area contributed by atoms with E-state index in [4.69, 9.17) is 5.26 Å². The molecule has 1 saturated heterocycles. The third-order valence-corrected chi connectivity index (χ3v) is 3.03. The molecular formula is C11H18N2O. The van der Waals surface area contributed by atoms with Crippen molar-refractivity contribution in [2.75, 3.05) is 6.54 Å². The molecule has 0 aliphatic carbocycles. The fraction of sp³-hybridized carbons (Fsp3) is 0.818. The summed E-state index contributed by atoms with van der Waals surface area (Å²) in [7, 11) is 0. The zero-order chi connectivity index (χ0) is 10.8. The van der Waals surface area contributed by atoms with Crippen LogP contribution in [-0.4, -0.2) is 22.9 Å². The molecule has 1 aliphatic heterocycles. The van der Waals surface area contributed by atoms with Crippen molar-refractivity contribution in [3.05, 3.63) is 0 Å². The van der Waals surface area contributed by atoms with Crippen LogP contribution >= 0.6 is 0 Å². The number of nitrogens with zero attached hydrogens (tertiary/aromatic N) is 2. The van der Waals surface area contributed by atoms with E-state index >= 15 is 0 Å². The molecule has 1 heterocycles. The molecule has 0 N–H and O–H groups in total. The first-order valence-electron chi connectivity index (χ1n) is 5.24. The molecule has 0 bridgehead atoms. The van der Waals surface area contributed by atoms with Gasteiger partial charge in [-0.3, -0.25) is 4.79 Å². The molecule has 0 saturated carbocycles. The van der Waals surface area contributed by atoms with Gasteiger partial charge in [-0.25, -0.2) is 0 Å². The summed E-state index contributed by atoms with van der Waals surface area (Å²) in [6, 6.07) is 2.07. The molecule has 0 radical (unpaired) electrons. The van der Waals surface area contributed by atoms with Gasteiger partial charge in [0.1, 0.15) is 5.92 Å². The van der Waals surface area contributed by atoms with Crippen molar-refractivity contribution in [1.29, 1.82) is 5.26 Å². The van der Waals surface area contributed by atoms with Crippen LogP contribution in [-0.2, 0) is 4.79 Å². The Morgan fingerprint density at radius 1 is 1.64 bits per heavy atom. The highest BCUT2D eigenvalue weighted by Gasteiger charge is 2.37. The van der Waals surface area contributed by atoms with Gasteiger partial charge in [0.05, 0.1) is 6.07 Å². The van der Waals surface area contributed by atoms with E-state index in [1.807, 2.05) is 11.8 Å². The van der Waals surface area contributed by atoms with Crippen molar-refractivity contribution in [2.45, 2.75) is 45.6 Å². The minimum absolute atomic E-state index is 0.0116. The monoisotopic (exact) mass is 194 g/mol. The van der Waals surface area contributed by atoms with Gasteiger partial charge in [0.25, 0.3) is 0 Å². The number of hydrogen-bond acceptors (Lipinski definition) is 2. The number of likely N-dealkylation sites (tertiary alicyclic amines) is 1. The Kier molecular flexibility index (Phi) is 3.15. The van der Waals surface area contributed by atoms with Crippen LogP contribution in [0.25, 0.3) is 0 Å². The maximum Gasteiger partial charge on any atom is 0.240 e. The van der Waals surface area contributed by atoms with Crippen molar-refractivity contribution >= 4 is 5.91 Å². The van der Waals surface area contributed by atoms with E-state index in [1.165, 1.54) is 0 Å². The summed E-state index contributed by atoms with van der Waals surface area (Å²) in [4.78, 5) is 13.8. The summed E-state index contributed by atoms with van der Waals surface area (Å²) in [6.07, 6.45) is 2.71. The van der Waals surface area contributed by atoms with Crippen molar-refractivity contribution in [3.8, 4) is 6.07 Å². The standard InChI is InChI=1S/C11H18N2O/c1-4-9(8-12)10(14)13-7-5-6-11(13,2)3/h9H,4-7H2,1-3H3. The van der Waals surface area contributed by atoms with Crippen LogP contribution in [0.3, 0.4) is 0 Å². The van der Waals surface area contributed by atoms with Crippen molar-refractivity contribution < 1.29 is 4.79 Å². The van der Waals surface area contributed by atoms with E-state index in [1.54, 1.807) is 0 Å². The topological polar surface area (TPSA) is 44.1 Å². The first kappa shape index (κ1) is 11.0. The third kappa shape index (κ3) is 1.89. The predicted molar refractivity (Wildman–Crippen MR) is 54.4 cm³/mol. The molecule has 1 rings (SSSR count). The smallest absolute Gasteiger partial charge is 0.240 e. The van der Waals surface area contributed by atoms with E-state index in [-0.39, 0.29) is 11.4 Å². The molecular weight excluding hydrogens is 176 g/mol. The van der Waals surface area contributed by atoms with Crippen LogP contribution in [0.5, 0.6) is 0 Å². The summed E-state index contributed by atoms with van der Waals surface area (Å²) < 4.78 is 0. The second-order valence-electron chi connectivity index (χ2n) is 4.50. The molecule has 1 aliphatic rings. The largest absolute Gasteiger partial charge is 0.336 e. The van der Waals surface area contributed by atoms with E-state index in [0.717, 1.165) is 19.4 Å². The van der Waals surface area contributed by atoms with Gasteiger partial charge in [-0.1, -0.05) is 6.92 Å². The van der Waals surface area contributed by atoms with Crippen molar-refractivity contribution in [3.63, 3.8) is 0 Å². The van der Waals surface area contributed by atoms with Crippen LogP contribution < -0.4 is 0 Å². The maximum atomic E-state index is 11.9. The lowest BCUT2D eigenvalue weighted by molar-refractivity contribution is -0.137. The number of carbonyl (C=O) groups is 1. The average Bonchev–Trinajstić information content (AvgIpc) is 2.47. The Balaban J connectivity index is 2.75. The normalized spacial score (nSPS) is 21.7. The lowest BCUT2D eigenvalue weighted by atomic mass is 9.99. The fourth-order valence-electron chi connectivity index (χ4n) is 2.03. The lowest BCUT2D eigenvalue weighted by Gasteiger charge is -2.32. The number of nitriles is 1. The molecule has 1 unspecified atom stereocenters. The second kappa shape index (κ2) is 4.00. The number of hydrogen-bond donors (Lipinski definition) is 0. The molecule has 1 atom stereocenters. The number of amides is 1. The van der Waals surface area contributed by atoms with Gasteiger partial charge < -0.3 is 4.90 Å². The van der Waals surface area contributed by atoms with E-state index in [0.29, 0.717) is 6.42 Å². The minimum Gasteiger partial charge on any atom is -0.336 e. The van der Waals surface area contributed by atoms with Crippen molar-refractivity contribution in [2.24, 2.45) is 5.92 Å². The Hall–Kier alpha value is -1.04. The summed E-state index contributed by atoms with van der Waals surface area (Å²) in [5.41, 5.74) is -0.0542. The lowest BCUT2D eigenvalue weighted by Crippen LogP contribution is -2.45. The van der Waals surface area contributed by atoms with E-state index < -0.39 is 5.92 Å². The van der Waals surface area contributed by atoms with Gasteiger partial charge in [-0.15, -0.1) is 0 Å². The zero-order valence-corrected chi connectivity index (χ0v) is 9.21. The molecule has 3 nitrogen and oxygen atoms in total. The van der Waals surface area contributed by atoms with Crippen LogP contribution in [0.2, 0.25) is 0 Å². The third-order valence-electron chi connectivity index (χ3n) is 3.03. The Morgan fingerprint density at radius 2 is 2.29 bits per heavy atom. The Labute approximate surface area is 85.7 Å². The first-order valence-corrected chi connectivity index (χ1v) is 5.24. The van der Waals surface area contributed by atoms with Gasteiger partial charge in [0.15, 0.2) is 0 Å². The van der Waals surface area contributed by atoms with Crippen LogP contribution in [0.1, 0.15) is 40.0 Å². The molecule has 78 valence electrons. The molecule has 0 aromatic rings. The quantitative estimate of drug-likeness (QED) is 0.674. The van der Waals surface area contributed by atoms with Gasteiger partial charge in [-0.05, 0) is 33.1 Å². The molecule has 0 aromatic carbocycles. The van der Waals surface area contributed by atoms with Crippen LogP contribution in [0.4, 0.5) is 0 Å². The molecule has 3 heteroatoms. The highest BCUT2D eigenvalue weighted by atomic mass is 16.2. The molecule has 14 heavy (non-hydrogen) atoms. The number of rotatable bonds is 2. The van der Waals surface area contributed by atoms with E-state index in [2.05, 4.69) is 19.9 Å². The zero-order valence-electron chi connectivity index (χ0n) is 9.21. The predicted octanol–water partition coefficient (Wildman–Crippen LogP) is 1.94. The molecule has 1 amide bonds. The molecule has 0 aromatic heterocycles. The Morgan fingerprint density at radius 3 is 2.64 bits per heavy atom. The summed E-state index contributed by atoms with van der Waals surface area (Å²) in [5.74, 6) is -0.440. The average molecular weight is 194 g/mol. The second-order valence-corrected chi connectivity index (χ2v) is 4.50. The van der Waals surface area contributed by atoms with Gasteiger partial charge in [-0.2, -0.15) is 5.26 Å². The van der Waals surface area contributed by atoms with Gasteiger partial charge in [0.2, 0.25) is 5.91 Å². The molecule has 1 fully saturated rings. The van der Waals surface area contributed by atoms with Crippen LogP contribution in [0.15, 0.2) is 0 Å². The van der Waals surface area contributed by atoms with E-state index in [9.17, 15) is 4.79 Å².